The zero-order valence-electron chi connectivity index (χ0n) is 18.3. The Morgan fingerprint density at radius 3 is 2.07 bits per heavy atom. The van der Waals surface area contributed by atoms with Crippen LogP contribution >= 0.6 is 0 Å². The molecule has 5 heteroatoms. The van der Waals surface area contributed by atoms with E-state index in [0.717, 1.165) is 56.8 Å². The Morgan fingerprint density at radius 2 is 1.50 bits per heavy atom. The van der Waals surface area contributed by atoms with Crippen molar-refractivity contribution in [1.82, 2.24) is 9.88 Å². The number of hydrogen-bond donors (Lipinski definition) is 0. The number of rotatable bonds is 6. The third-order valence-electron chi connectivity index (χ3n) is 5.33. The van der Waals surface area contributed by atoms with Gasteiger partial charge in [-0.15, -0.1) is 0 Å². The molecule has 0 bridgehead atoms. The third kappa shape index (κ3) is 7.90. The lowest BCUT2D eigenvalue weighted by Crippen LogP contribution is -2.38. The Bertz CT molecular complexity index is 751. The number of aromatic nitrogens is 1. The minimum atomic E-state index is 0.0858. The highest BCUT2D eigenvalue weighted by Crippen LogP contribution is 2.18. The average Bonchev–Trinajstić information content (AvgIpc) is 2.82. The molecule has 1 aromatic heterocycles. The normalized spacial score (nSPS) is 13.5. The van der Waals surface area contributed by atoms with Crippen LogP contribution in [-0.2, 0) is 28.9 Å². The lowest BCUT2D eigenvalue weighted by atomic mass is 9.99. The minimum absolute atomic E-state index is 0.0858. The van der Waals surface area contributed by atoms with Gasteiger partial charge in [0, 0.05) is 18.8 Å². The summed E-state index contributed by atoms with van der Waals surface area (Å²) in [6, 6.07) is 14.7. The smallest absolute Gasteiger partial charge is 0.272 e. The van der Waals surface area contributed by atoms with Gasteiger partial charge in [0.05, 0.1) is 0 Å². The molecule has 0 N–H and O–H groups in total. The molecule has 1 fully saturated rings. The first-order valence-electron chi connectivity index (χ1n) is 10.6. The van der Waals surface area contributed by atoms with E-state index in [4.69, 9.17) is 9.59 Å². The molecule has 1 aliphatic rings. The highest BCUT2D eigenvalue weighted by Gasteiger charge is 2.22. The van der Waals surface area contributed by atoms with Crippen LogP contribution in [0.5, 0.6) is 0 Å². The van der Waals surface area contributed by atoms with Crippen molar-refractivity contribution < 1.29 is 14.4 Å². The summed E-state index contributed by atoms with van der Waals surface area (Å²) in [6.45, 7) is 10.2. The maximum absolute atomic E-state index is 12.7. The summed E-state index contributed by atoms with van der Waals surface area (Å²) in [5, 5.41) is 0. The predicted molar refractivity (Wildman–Crippen MR) is 121 cm³/mol. The number of benzene rings is 1. The van der Waals surface area contributed by atoms with Crippen LogP contribution in [0.3, 0.4) is 0 Å². The van der Waals surface area contributed by atoms with Gasteiger partial charge in [-0.2, -0.15) is 0 Å². The van der Waals surface area contributed by atoms with Crippen LogP contribution in [0.4, 0.5) is 0 Å². The Kier molecular flexibility index (Phi) is 11.9. The quantitative estimate of drug-likeness (QED) is 0.711. The van der Waals surface area contributed by atoms with Gasteiger partial charge in [0.15, 0.2) is 0 Å². The maximum atomic E-state index is 12.7. The Labute approximate surface area is 180 Å². The van der Waals surface area contributed by atoms with Gasteiger partial charge in [-0.05, 0) is 61.3 Å². The van der Waals surface area contributed by atoms with E-state index in [2.05, 4.69) is 43.1 Å². The molecule has 30 heavy (non-hydrogen) atoms. The monoisotopic (exact) mass is 410 g/mol. The number of nitrogens with zero attached hydrogens (tertiary/aromatic N) is 2. The largest absolute Gasteiger partial charge is 0.337 e. The van der Waals surface area contributed by atoms with Crippen molar-refractivity contribution in [2.45, 2.75) is 52.4 Å². The Morgan fingerprint density at radius 1 is 0.933 bits per heavy atom. The van der Waals surface area contributed by atoms with Crippen molar-refractivity contribution in [3.05, 3.63) is 65.0 Å². The highest BCUT2D eigenvalue weighted by atomic mass is 16.2. The van der Waals surface area contributed by atoms with Crippen LogP contribution in [0.15, 0.2) is 42.5 Å². The summed E-state index contributed by atoms with van der Waals surface area (Å²) in [4.78, 5) is 35.3. The van der Waals surface area contributed by atoms with Gasteiger partial charge in [0.25, 0.3) is 5.91 Å². The Balaban J connectivity index is 0.00000106. The number of carbonyl (C=O) groups is 3. The lowest BCUT2D eigenvalue weighted by molar-refractivity contribution is -0.0987. The molecule has 162 valence electrons. The maximum Gasteiger partial charge on any atom is 0.272 e. The van der Waals surface area contributed by atoms with E-state index in [1.54, 1.807) is 0 Å². The third-order valence-corrected chi connectivity index (χ3v) is 5.33. The van der Waals surface area contributed by atoms with Gasteiger partial charge in [0.2, 0.25) is 0 Å². The summed E-state index contributed by atoms with van der Waals surface area (Å²) in [5.74, 6) is 0.810. The number of hydrogen-bond acceptors (Lipinski definition) is 4. The van der Waals surface area contributed by atoms with E-state index in [1.165, 1.54) is 17.5 Å². The van der Waals surface area contributed by atoms with Crippen molar-refractivity contribution >= 4 is 19.5 Å². The fourth-order valence-corrected chi connectivity index (χ4v) is 3.55. The van der Waals surface area contributed by atoms with Gasteiger partial charge < -0.3 is 14.5 Å². The second-order valence-corrected chi connectivity index (χ2v) is 7.56. The zero-order valence-corrected chi connectivity index (χ0v) is 18.3. The molecule has 5 nitrogen and oxygen atoms in total. The first kappa shape index (κ1) is 25.2. The topological polar surface area (TPSA) is 67.3 Å². The molecule has 0 aliphatic carbocycles. The standard InChI is InChI=1S/C23H30N2O.2CH2O/c1-3-5-19-8-10-20(11-9-19)12-13-21-6-4-7-22(24-21)23(26)25-16-14-18(2)15-17-25;2*1-2/h4,6-11,18H,3,5,12-17H2,1-2H3;2*1H2. The molecule has 0 saturated carbocycles. The van der Waals surface area contributed by atoms with Crippen LogP contribution in [-0.4, -0.2) is 42.5 Å². The van der Waals surface area contributed by atoms with Crippen LogP contribution in [0.1, 0.15) is 60.4 Å². The van der Waals surface area contributed by atoms with E-state index < -0.39 is 0 Å². The molecule has 1 aliphatic heterocycles. The van der Waals surface area contributed by atoms with Crippen molar-refractivity contribution in [2.75, 3.05) is 13.1 Å². The first-order chi connectivity index (χ1) is 14.7. The number of carbonyl (C=O) groups excluding carboxylic acids is 3. The van der Waals surface area contributed by atoms with Crippen LogP contribution < -0.4 is 0 Å². The van der Waals surface area contributed by atoms with E-state index in [0.29, 0.717) is 5.69 Å². The van der Waals surface area contributed by atoms with Crippen molar-refractivity contribution in [1.29, 1.82) is 0 Å². The average molecular weight is 411 g/mol. The molecule has 0 radical (unpaired) electrons. The van der Waals surface area contributed by atoms with Gasteiger partial charge in [-0.3, -0.25) is 4.79 Å². The van der Waals surface area contributed by atoms with Crippen molar-refractivity contribution in [3.8, 4) is 0 Å². The fourth-order valence-electron chi connectivity index (χ4n) is 3.55. The lowest BCUT2D eigenvalue weighted by Gasteiger charge is -2.30. The fraction of sp³-hybridized carbons (Fsp3) is 0.440. The summed E-state index contributed by atoms with van der Waals surface area (Å²) < 4.78 is 0. The number of amides is 1. The molecule has 0 atom stereocenters. The van der Waals surface area contributed by atoms with Crippen LogP contribution in [0.2, 0.25) is 0 Å². The SMILES string of the molecule is C=O.C=O.CCCc1ccc(CCc2cccc(C(=O)N3CCC(C)CC3)n2)cc1. The number of piperidine rings is 1. The van der Waals surface area contributed by atoms with Crippen LogP contribution in [0.25, 0.3) is 0 Å². The predicted octanol–water partition coefficient (Wildman–Crippen LogP) is 4.32. The van der Waals surface area contributed by atoms with E-state index in [1.807, 2.05) is 36.7 Å². The molecule has 2 aromatic rings. The highest BCUT2D eigenvalue weighted by molar-refractivity contribution is 5.92. The molecular formula is C25H34N2O3. The molecule has 1 saturated heterocycles. The molecule has 1 aromatic carbocycles. The summed E-state index contributed by atoms with van der Waals surface area (Å²) in [7, 11) is 0. The summed E-state index contributed by atoms with van der Waals surface area (Å²) >= 11 is 0. The van der Waals surface area contributed by atoms with Crippen molar-refractivity contribution in [3.63, 3.8) is 0 Å². The molecule has 1 amide bonds. The summed E-state index contributed by atoms with van der Waals surface area (Å²) in [6.07, 6.45) is 6.34. The Hall–Kier alpha value is -2.82. The van der Waals surface area contributed by atoms with Crippen molar-refractivity contribution in [2.24, 2.45) is 5.92 Å². The second-order valence-electron chi connectivity index (χ2n) is 7.56. The van der Waals surface area contributed by atoms with Gasteiger partial charge >= 0.3 is 0 Å². The second kappa shape index (κ2) is 14.2. The first-order valence-corrected chi connectivity index (χ1v) is 10.6. The molecule has 0 spiro atoms. The molecule has 2 heterocycles. The molecule has 3 rings (SSSR count). The van der Waals surface area contributed by atoms with Gasteiger partial charge in [0.1, 0.15) is 19.3 Å². The van der Waals surface area contributed by atoms with E-state index in [9.17, 15) is 4.79 Å². The van der Waals surface area contributed by atoms with Crippen LogP contribution in [0, 0.1) is 5.92 Å². The van der Waals surface area contributed by atoms with Gasteiger partial charge in [-0.25, -0.2) is 4.98 Å². The molecular weight excluding hydrogens is 376 g/mol. The number of likely N-dealkylation sites (tertiary alicyclic amines) is 1. The van der Waals surface area contributed by atoms with E-state index in [-0.39, 0.29) is 5.91 Å². The minimum Gasteiger partial charge on any atom is -0.337 e. The zero-order chi connectivity index (χ0) is 22.4. The molecule has 0 unspecified atom stereocenters. The summed E-state index contributed by atoms with van der Waals surface area (Å²) in [5.41, 5.74) is 4.32. The van der Waals surface area contributed by atoms with Gasteiger partial charge in [-0.1, -0.05) is 50.6 Å². The van der Waals surface area contributed by atoms with E-state index >= 15 is 0 Å². The number of pyridine rings is 1. The number of aryl methyl sites for hydroxylation is 3.